The number of hydrogen-bond donors (Lipinski definition) is 0. The van der Waals surface area contributed by atoms with Gasteiger partial charge in [0.05, 0.1) is 22.1 Å². The minimum atomic E-state index is -3.38. The van der Waals surface area contributed by atoms with Crippen LogP contribution in [-0.4, -0.2) is 70.4 Å². The smallest absolute Gasteiger partial charge is 0.265 e. The Hall–Kier alpha value is -2.30. The van der Waals surface area contributed by atoms with Crippen molar-refractivity contribution >= 4 is 51.1 Å². The van der Waals surface area contributed by atoms with Gasteiger partial charge in [-0.2, -0.15) is 16.9 Å². The van der Waals surface area contributed by atoms with Crippen LogP contribution in [0.5, 0.6) is 0 Å². The fraction of sp³-hybridized carbons (Fsp3) is 0.381. The van der Waals surface area contributed by atoms with Gasteiger partial charge >= 0.3 is 0 Å². The summed E-state index contributed by atoms with van der Waals surface area (Å²) in [5, 5.41) is 7.49. The highest BCUT2D eigenvalue weighted by molar-refractivity contribution is 8.01. The number of carbonyl (C=O) groups is 2. The van der Waals surface area contributed by atoms with E-state index in [2.05, 4.69) is 5.10 Å². The van der Waals surface area contributed by atoms with Crippen molar-refractivity contribution < 1.29 is 18.0 Å². The van der Waals surface area contributed by atoms with E-state index in [0.29, 0.717) is 41.7 Å². The van der Waals surface area contributed by atoms with E-state index in [9.17, 15) is 18.0 Å². The highest BCUT2D eigenvalue weighted by Gasteiger charge is 2.29. The molecular formula is C21H25ClN4O4S2. The summed E-state index contributed by atoms with van der Waals surface area (Å²) in [5.74, 6) is -0.186. The first-order valence-electron chi connectivity index (χ1n) is 10.0. The van der Waals surface area contributed by atoms with Gasteiger partial charge in [0.2, 0.25) is 0 Å². The third-order valence-electron chi connectivity index (χ3n) is 4.99. The molecule has 0 aliphatic carbocycles. The van der Waals surface area contributed by atoms with Crippen LogP contribution in [0.4, 0.5) is 0 Å². The van der Waals surface area contributed by atoms with Gasteiger partial charge in [0.25, 0.3) is 11.8 Å². The number of aromatic nitrogens is 2. The molecule has 172 valence electrons. The normalized spacial score (nSPS) is 14.5. The second-order valence-corrected chi connectivity index (χ2v) is 10.8. The van der Waals surface area contributed by atoms with Crippen LogP contribution in [0.25, 0.3) is 6.08 Å². The predicted octanol–water partition coefficient (Wildman–Crippen LogP) is 2.58. The Labute approximate surface area is 197 Å². The Morgan fingerprint density at radius 1 is 1.19 bits per heavy atom. The Bertz CT molecular complexity index is 1120. The van der Waals surface area contributed by atoms with Gasteiger partial charge in [-0.15, -0.1) is 0 Å². The third kappa shape index (κ3) is 5.73. The van der Waals surface area contributed by atoms with E-state index >= 15 is 0 Å². The largest absolute Gasteiger partial charge is 0.272 e. The molecule has 0 radical (unpaired) electrons. The molecule has 1 saturated heterocycles. The van der Waals surface area contributed by atoms with Crippen LogP contribution < -0.4 is 0 Å². The van der Waals surface area contributed by atoms with Gasteiger partial charge in [-0.3, -0.25) is 19.3 Å². The summed E-state index contributed by atoms with van der Waals surface area (Å²) in [6.07, 6.45) is 3.68. The van der Waals surface area contributed by atoms with E-state index < -0.39 is 9.84 Å². The highest BCUT2D eigenvalue weighted by atomic mass is 35.5. The lowest BCUT2D eigenvalue weighted by Crippen LogP contribution is -2.45. The molecule has 11 heteroatoms. The average molecular weight is 497 g/mol. The monoisotopic (exact) mass is 496 g/mol. The van der Waals surface area contributed by atoms with Gasteiger partial charge < -0.3 is 0 Å². The fourth-order valence-electron chi connectivity index (χ4n) is 3.32. The van der Waals surface area contributed by atoms with Gasteiger partial charge in [0.15, 0.2) is 9.84 Å². The molecule has 1 aromatic heterocycles. The quantitative estimate of drug-likeness (QED) is 0.412. The molecule has 0 atom stereocenters. The SMILES string of the molecule is Cc1nn(C)c(Cl)c1C=CC(=O)N1CCCN1C(=O)CSCCS(=O)(=O)c1ccccc1. The van der Waals surface area contributed by atoms with Gasteiger partial charge in [0, 0.05) is 37.5 Å². The first-order chi connectivity index (χ1) is 15.2. The number of hydrogen-bond acceptors (Lipinski definition) is 6. The van der Waals surface area contributed by atoms with E-state index in [1.165, 1.54) is 32.5 Å². The minimum absolute atomic E-state index is 0.0500. The van der Waals surface area contributed by atoms with Crippen molar-refractivity contribution in [3.63, 3.8) is 0 Å². The van der Waals surface area contributed by atoms with Crippen LogP contribution >= 0.6 is 23.4 Å². The number of thioether (sulfide) groups is 1. The van der Waals surface area contributed by atoms with Crippen molar-refractivity contribution in [3.8, 4) is 0 Å². The molecule has 1 aliphatic rings. The lowest BCUT2D eigenvalue weighted by Gasteiger charge is -2.26. The standard InChI is InChI=1S/C21H25ClN4O4S2/c1-16-18(21(22)24(2)23-16)9-10-19(27)25-11-6-12-26(25)20(28)15-31-13-14-32(29,30)17-7-4-3-5-8-17/h3-5,7-10H,6,11-15H2,1-2H3. The third-order valence-corrected chi connectivity index (χ3v) is 8.37. The zero-order chi connectivity index (χ0) is 23.3. The molecule has 8 nitrogen and oxygen atoms in total. The Balaban J connectivity index is 1.52. The van der Waals surface area contributed by atoms with Crippen LogP contribution in [0.15, 0.2) is 41.3 Å². The summed E-state index contributed by atoms with van der Waals surface area (Å²) in [7, 11) is -1.66. The summed E-state index contributed by atoms with van der Waals surface area (Å²) >= 11 is 7.44. The molecule has 3 rings (SSSR count). The molecule has 2 amide bonds. The van der Waals surface area contributed by atoms with Crippen LogP contribution in [0.3, 0.4) is 0 Å². The van der Waals surface area contributed by atoms with Crippen LogP contribution in [-0.2, 0) is 26.5 Å². The second-order valence-electron chi connectivity index (χ2n) is 7.26. The summed E-state index contributed by atoms with van der Waals surface area (Å²) in [4.78, 5) is 25.6. The topological polar surface area (TPSA) is 92.6 Å². The maximum Gasteiger partial charge on any atom is 0.265 e. The van der Waals surface area contributed by atoms with Gasteiger partial charge in [-0.25, -0.2) is 13.4 Å². The molecule has 32 heavy (non-hydrogen) atoms. The Morgan fingerprint density at radius 2 is 1.88 bits per heavy atom. The molecule has 2 aromatic rings. The zero-order valence-electron chi connectivity index (χ0n) is 17.9. The molecule has 1 fully saturated rings. The number of benzene rings is 1. The zero-order valence-corrected chi connectivity index (χ0v) is 20.3. The maximum atomic E-state index is 12.7. The molecule has 1 aliphatic heterocycles. The first kappa shape index (κ1) is 24.3. The Morgan fingerprint density at radius 3 is 2.53 bits per heavy atom. The number of nitrogens with zero attached hydrogens (tertiary/aromatic N) is 4. The van der Waals surface area contributed by atoms with E-state index in [1.54, 1.807) is 50.4 Å². The number of amides is 2. The average Bonchev–Trinajstić information content (AvgIpc) is 3.35. The lowest BCUT2D eigenvalue weighted by molar-refractivity contribution is -0.152. The molecular weight excluding hydrogens is 472 g/mol. The van der Waals surface area contributed by atoms with Crippen molar-refractivity contribution in [3.05, 3.63) is 52.8 Å². The van der Waals surface area contributed by atoms with Crippen molar-refractivity contribution in [1.29, 1.82) is 0 Å². The molecule has 1 aromatic carbocycles. The van der Waals surface area contributed by atoms with Crippen molar-refractivity contribution in [2.75, 3.05) is 30.3 Å². The van der Waals surface area contributed by atoms with E-state index in [0.717, 1.165) is 0 Å². The number of aryl methyl sites for hydroxylation is 2. The van der Waals surface area contributed by atoms with E-state index in [4.69, 9.17) is 11.6 Å². The van der Waals surface area contributed by atoms with Crippen molar-refractivity contribution in [2.45, 2.75) is 18.2 Å². The van der Waals surface area contributed by atoms with E-state index in [1.807, 2.05) is 0 Å². The number of rotatable bonds is 8. The molecule has 2 heterocycles. The summed E-state index contributed by atoms with van der Waals surface area (Å²) in [5.41, 5.74) is 1.37. The minimum Gasteiger partial charge on any atom is -0.272 e. The van der Waals surface area contributed by atoms with Crippen molar-refractivity contribution in [1.82, 2.24) is 19.8 Å². The second kappa shape index (κ2) is 10.5. The van der Waals surface area contributed by atoms with Gasteiger partial charge in [0.1, 0.15) is 5.15 Å². The van der Waals surface area contributed by atoms with E-state index in [-0.39, 0.29) is 28.2 Å². The first-order valence-corrected chi connectivity index (χ1v) is 13.2. The molecule has 0 spiro atoms. The molecule has 0 saturated carbocycles. The van der Waals surface area contributed by atoms with Crippen LogP contribution in [0.1, 0.15) is 17.7 Å². The molecule has 0 unspecified atom stereocenters. The molecule has 0 bridgehead atoms. The maximum absolute atomic E-state index is 12.7. The van der Waals surface area contributed by atoms with Gasteiger partial charge in [-0.05, 0) is 31.6 Å². The number of hydrazine groups is 1. The number of halogens is 1. The molecule has 0 N–H and O–H groups in total. The van der Waals surface area contributed by atoms with Gasteiger partial charge in [-0.1, -0.05) is 29.8 Å². The predicted molar refractivity (Wildman–Crippen MR) is 126 cm³/mol. The Kier molecular flexibility index (Phi) is 8.02. The van der Waals surface area contributed by atoms with Crippen LogP contribution in [0.2, 0.25) is 5.15 Å². The summed E-state index contributed by atoms with van der Waals surface area (Å²) in [6.45, 7) is 2.70. The van der Waals surface area contributed by atoms with Crippen molar-refractivity contribution in [2.24, 2.45) is 7.05 Å². The summed E-state index contributed by atoms with van der Waals surface area (Å²) < 4.78 is 26.2. The number of sulfone groups is 1. The summed E-state index contributed by atoms with van der Waals surface area (Å²) in [6, 6.07) is 8.25. The lowest BCUT2D eigenvalue weighted by atomic mass is 10.2. The fourth-order valence-corrected chi connectivity index (χ4v) is 6.19. The highest BCUT2D eigenvalue weighted by Crippen LogP contribution is 2.21. The number of carbonyl (C=O) groups excluding carboxylic acids is 2. The van der Waals surface area contributed by atoms with Crippen LogP contribution in [0, 0.1) is 6.92 Å².